The Morgan fingerprint density at radius 3 is 2.83 bits per heavy atom. The van der Waals surface area contributed by atoms with E-state index in [1.807, 2.05) is 7.05 Å². The SMILES string of the molecule is CNCN(C)CC1CCN(C)C1. The minimum Gasteiger partial charge on any atom is -0.307 e. The molecule has 1 saturated heterocycles. The second-order valence-electron chi connectivity index (χ2n) is 3.97. The summed E-state index contributed by atoms with van der Waals surface area (Å²) in [6.07, 6.45) is 1.37. The molecule has 3 heteroatoms. The van der Waals surface area contributed by atoms with Gasteiger partial charge in [-0.3, -0.25) is 4.90 Å². The van der Waals surface area contributed by atoms with Crippen LogP contribution in [0, 0.1) is 5.92 Å². The Balaban J connectivity index is 2.14. The fourth-order valence-electron chi connectivity index (χ4n) is 1.95. The molecule has 72 valence electrons. The van der Waals surface area contributed by atoms with Crippen LogP contribution in [-0.4, -0.2) is 57.2 Å². The molecule has 0 aromatic heterocycles. The Hall–Kier alpha value is -0.120. The smallest absolute Gasteiger partial charge is 0.0475 e. The van der Waals surface area contributed by atoms with Crippen molar-refractivity contribution in [1.82, 2.24) is 15.1 Å². The summed E-state index contributed by atoms with van der Waals surface area (Å²) in [5.41, 5.74) is 0. The summed E-state index contributed by atoms with van der Waals surface area (Å²) in [4.78, 5) is 4.77. The number of hydrogen-bond acceptors (Lipinski definition) is 3. The molecule has 0 amide bonds. The van der Waals surface area contributed by atoms with Crippen LogP contribution in [0.15, 0.2) is 0 Å². The fourth-order valence-corrected chi connectivity index (χ4v) is 1.95. The van der Waals surface area contributed by atoms with Crippen molar-refractivity contribution >= 4 is 0 Å². The third-order valence-corrected chi connectivity index (χ3v) is 2.49. The van der Waals surface area contributed by atoms with Gasteiger partial charge in [-0.25, -0.2) is 0 Å². The molecule has 3 nitrogen and oxygen atoms in total. The molecule has 0 radical (unpaired) electrons. The predicted octanol–water partition coefficient (Wildman–Crippen LogP) is 0.0468. The standard InChI is InChI=1S/C9H21N3/c1-10-8-12(3)7-9-4-5-11(2)6-9/h9-10H,4-8H2,1-3H3. The second-order valence-corrected chi connectivity index (χ2v) is 3.97. The maximum Gasteiger partial charge on any atom is 0.0475 e. The molecule has 0 bridgehead atoms. The van der Waals surface area contributed by atoms with Gasteiger partial charge in [0.25, 0.3) is 0 Å². The lowest BCUT2D eigenvalue weighted by atomic mass is 10.1. The highest BCUT2D eigenvalue weighted by molar-refractivity contribution is 4.74. The molecular weight excluding hydrogens is 150 g/mol. The molecule has 12 heavy (non-hydrogen) atoms. The summed E-state index contributed by atoms with van der Waals surface area (Å²) in [5.74, 6) is 0.883. The Morgan fingerprint density at radius 1 is 1.58 bits per heavy atom. The maximum atomic E-state index is 3.16. The van der Waals surface area contributed by atoms with E-state index < -0.39 is 0 Å². The molecule has 1 unspecified atom stereocenters. The first-order valence-electron chi connectivity index (χ1n) is 4.74. The number of hydrogen-bond donors (Lipinski definition) is 1. The van der Waals surface area contributed by atoms with E-state index in [4.69, 9.17) is 0 Å². The Bertz CT molecular complexity index is 127. The van der Waals surface area contributed by atoms with Gasteiger partial charge in [0.15, 0.2) is 0 Å². The van der Waals surface area contributed by atoms with Crippen LogP contribution in [0.3, 0.4) is 0 Å². The Morgan fingerprint density at radius 2 is 2.33 bits per heavy atom. The lowest BCUT2D eigenvalue weighted by Gasteiger charge is -2.20. The molecule has 1 atom stereocenters. The van der Waals surface area contributed by atoms with Crippen molar-refractivity contribution < 1.29 is 0 Å². The van der Waals surface area contributed by atoms with Crippen LogP contribution in [0.5, 0.6) is 0 Å². The monoisotopic (exact) mass is 171 g/mol. The van der Waals surface area contributed by atoms with Gasteiger partial charge >= 0.3 is 0 Å². The molecular formula is C9H21N3. The highest BCUT2D eigenvalue weighted by atomic mass is 15.2. The lowest BCUT2D eigenvalue weighted by Crippen LogP contribution is -2.33. The van der Waals surface area contributed by atoms with Crippen LogP contribution in [0.25, 0.3) is 0 Å². The van der Waals surface area contributed by atoms with Gasteiger partial charge in [-0.15, -0.1) is 0 Å². The van der Waals surface area contributed by atoms with Gasteiger partial charge in [0, 0.05) is 19.8 Å². The van der Waals surface area contributed by atoms with Crippen molar-refractivity contribution in [2.45, 2.75) is 6.42 Å². The molecule has 1 aliphatic rings. The van der Waals surface area contributed by atoms with Gasteiger partial charge in [-0.2, -0.15) is 0 Å². The molecule has 0 aromatic rings. The van der Waals surface area contributed by atoms with Crippen molar-refractivity contribution in [3.8, 4) is 0 Å². The zero-order valence-corrected chi connectivity index (χ0v) is 8.51. The van der Waals surface area contributed by atoms with Crippen molar-refractivity contribution in [3.05, 3.63) is 0 Å². The van der Waals surface area contributed by atoms with E-state index in [1.165, 1.54) is 26.1 Å². The Kier molecular flexibility index (Phi) is 3.98. The van der Waals surface area contributed by atoms with Gasteiger partial charge in [0.1, 0.15) is 0 Å². The zero-order valence-electron chi connectivity index (χ0n) is 8.51. The molecule has 1 N–H and O–H groups in total. The van der Waals surface area contributed by atoms with Crippen molar-refractivity contribution in [3.63, 3.8) is 0 Å². The summed E-state index contributed by atoms with van der Waals surface area (Å²) in [6.45, 7) is 4.78. The molecule has 1 fully saturated rings. The quantitative estimate of drug-likeness (QED) is 0.603. The number of likely N-dealkylation sites (tertiary alicyclic amines) is 1. The summed E-state index contributed by atoms with van der Waals surface area (Å²) in [5, 5.41) is 3.16. The van der Waals surface area contributed by atoms with E-state index in [0.29, 0.717) is 0 Å². The van der Waals surface area contributed by atoms with Gasteiger partial charge < -0.3 is 10.2 Å². The van der Waals surface area contributed by atoms with Gasteiger partial charge in [-0.1, -0.05) is 0 Å². The van der Waals surface area contributed by atoms with E-state index >= 15 is 0 Å². The lowest BCUT2D eigenvalue weighted by molar-refractivity contribution is 0.263. The first kappa shape index (κ1) is 9.96. The van der Waals surface area contributed by atoms with E-state index in [9.17, 15) is 0 Å². The fraction of sp³-hybridized carbons (Fsp3) is 1.00. The third-order valence-electron chi connectivity index (χ3n) is 2.49. The van der Waals surface area contributed by atoms with Crippen LogP contribution in [0.4, 0.5) is 0 Å². The minimum atomic E-state index is 0.883. The average molecular weight is 171 g/mol. The molecule has 0 spiro atoms. The van der Waals surface area contributed by atoms with Crippen molar-refractivity contribution in [2.75, 3.05) is 47.4 Å². The van der Waals surface area contributed by atoms with Crippen LogP contribution < -0.4 is 5.32 Å². The second kappa shape index (κ2) is 4.80. The third kappa shape index (κ3) is 3.09. The van der Waals surface area contributed by atoms with Crippen molar-refractivity contribution in [2.24, 2.45) is 5.92 Å². The van der Waals surface area contributed by atoms with Crippen LogP contribution in [0.2, 0.25) is 0 Å². The summed E-state index contributed by atoms with van der Waals surface area (Å²) < 4.78 is 0. The normalized spacial score (nSPS) is 25.5. The number of rotatable bonds is 4. The van der Waals surface area contributed by atoms with Crippen molar-refractivity contribution in [1.29, 1.82) is 0 Å². The number of nitrogens with one attached hydrogen (secondary N) is 1. The molecule has 0 aromatic carbocycles. The zero-order chi connectivity index (χ0) is 8.97. The molecule has 0 aliphatic carbocycles. The van der Waals surface area contributed by atoms with Gasteiger partial charge in [0.2, 0.25) is 0 Å². The van der Waals surface area contributed by atoms with E-state index in [0.717, 1.165) is 12.6 Å². The molecule has 1 aliphatic heterocycles. The molecule has 0 saturated carbocycles. The van der Waals surface area contributed by atoms with Crippen LogP contribution in [0.1, 0.15) is 6.42 Å². The first-order chi connectivity index (χ1) is 5.72. The Labute approximate surface area is 75.7 Å². The van der Waals surface area contributed by atoms with Crippen LogP contribution in [-0.2, 0) is 0 Å². The summed E-state index contributed by atoms with van der Waals surface area (Å²) >= 11 is 0. The minimum absolute atomic E-state index is 0.883. The van der Waals surface area contributed by atoms with Gasteiger partial charge in [0.05, 0.1) is 0 Å². The largest absolute Gasteiger partial charge is 0.307 e. The maximum absolute atomic E-state index is 3.16. The van der Waals surface area contributed by atoms with Crippen LogP contribution >= 0.6 is 0 Å². The topological polar surface area (TPSA) is 18.5 Å². The van der Waals surface area contributed by atoms with Gasteiger partial charge in [-0.05, 0) is 40.0 Å². The first-order valence-corrected chi connectivity index (χ1v) is 4.74. The highest BCUT2D eigenvalue weighted by Gasteiger charge is 2.20. The molecule has 1 rings (SSSR count). The van der Waals surface area contributed by atoms with E-state index in [-0.39, 0.29) is 0 Å². The highest BCUT2D eigenvalue weighted by Crippen LogP contribution is 2.14. The van der Waals surface area contributed by atoms with E-state index in [2.05, 4.69) is 29.2 Å². The predicted molar refractivity (Wildman–Crippen MR) is 52.2 cm³/mol. The average Bonchev–Trinajstić information content (AvgIpc) is 2.36. The number of nitrogens with zero attached hydrogens (tertiary/aromatic N) is 2. The molecule has 1 heterocycles. The summed E-state index contributed by atoms with van der Waals surface area (Å²) in [7, 11) is 6.38. The van der Waals surface area contributed by atoms with E-state index in [1.54, 1.807) is 0 Å². The summed E-state index contributed by atoms with van der Waals surface area (Å²) in [6, 6.07) is 0.